The molecule has 0 amide bonds. The van der Waals surface area contributed by atoms with Crippen molar-refractivity contribution in [3.05, 3.63) is 483 Å². The molecular weight excluding hydrogens is 1790 g/mol. The Bertz CT molecular complexity index is 7950. The van der Waals surface area contributed by atoms with E-state index < -0.39 is 5.41 Å². The van der Waals surface area contributed by atoms with E-state index in [1.807, 2.05) is 47.0 Å². The van der Waals surface area contributed by atoms with Crippen LogP contribution < -0.4 is 19.6 Å². The average Bonchev–Trinajstić information content (AvgIpc) is 1.50. The van der Waals surface area contributed by atoms with E-state index in [4.69, 9.17) is 0 Å². The topological polar surface area (TPSA) is 32.7 Å². The van der Waals surface area contributed by atoms with Crippen molar-refractivity contribution in [1.82, 2.24) is 18.3 Å². The van der Waals surface area contributed by atoms with Crippen LogP contribution in [0.1, 0.15) is 49.9 Å². The lowest BCUT2D eigenvalue weighted by molar-refractivity contribution is 0.793. The van der Waals surface area contributed by atoms with Crippen LogP contribution in [-0.2, 0) is 31.6 Å². The summed E-state index contributed by atoms with van der Waals surface area (Å²) >= 11 is 7.25. The van der Waals surface area contributed by atoms with Crippen molar-refractivity contribution in [1.29, 1.82) is 0 Å². The molecule has 0 saturated heterocycles. The molecule has 676 valence electrons. The normalized spacial score (nSPS) is 12.4. The fourth-order valence-electron chi connectivity index (χ4n) is 22.8. The molecule has 0 bridgehead atoms. The van der Waals surface area contributed by atoms with Crippen LogP contribution in [-0.4, -0.2) is 18.3 Å². The van der Waals surface area contributed by atoms with Crippen molar-refractivity contribution < 1.29 is 0 Å². The highest BCUT2D eigenvalue weighted by molar-refractivity contribution is 8.00. The maximum absolute atomic E-state index is 2.60. The zero-order valence-electron chi connectivity index (χ0n) is 78.4. The van der Waals surface area contributed by atoms with Crippen LogP contribution in [0, 0.1) is 0 Å². The second-order valence-electron chi connectivity index (χ2n) is 36.5. The molecule has 0 atom stereocenters. The molecule has 2 aliphatic rings. The van der Waals surface area contributed by atoms with E-state index in [9.17, 15) is 0 Å². The van der Waals surface area contributed by atoms with Gasteiger partial charge in [0.1, 0.15) is 0 Å². The van der Waals surface area contributed by atoms with Crippen molar-refractivity contribution in [2.75, 3.05) is 19.6 Å². The maximum Gasteiger partial charge on any atom is 0.0728 e. The van der Waals surface area contributed by atoms with Crippen molar-refractivity contribution in [2.24, 2.45) is 0 Å². The number of aromatic nitrogens is 4. The highest BCUT2D eigenvalue weighted by Gasteiger charge is 2.53. The molecule has 4 heterocycles. The number of benzene rings is 20. The van der Waals surface area contributed by atoms with Gasteiger partial charge in [-0.15, -0.1) is 0 Å². The van der Waals surface area contributed by atoms with Gasteiger partial charge < -0.3 is 37.9 Å². The number of rotatable bonds is 24. The van der Waals surface area contributed by atoms with Crippen LogP contribution in [0.2, 0.25) is 0 Å². The van der Waals surface area contributed by atoms with Gasteiger partial charge >= 0.3 is 0 Å². The number of aryl methyl sites for hydroxylation is 4. The molecule has 0 aliphatic heterocycles. The molecule has 0 radical (unpaired) electrons. The van der Waals surface area contributed by atoms with Gasteiger partial charge in [-0.25, -0.2) is 0 Å². The fraction of sp³-hybridized carbons (Fsp3) is 0.0698. The van der Waals surface area contributed by atoms with Gasteiger partial charge in [-0.05, 0) is 363 Å². The third kappa shape index (κ3) is 14.6. The fourth-order valence-corrected chi connectivity index (χ4v) is 26.3. The van der Waals surface area contributed by atoms with Crippen LogP contribution in [0.3, 0.4) is 0 Å². The van der Waals surface area contributed by atoms with E-state index in [1.54, 1.807) is 0 Å². The molecular formula is C129H96N8S4. The summed E-state index contributed by atoms with van der Waals surface area (Å²) in [5.41, 5.74) is 30.6. The first kappa shape index (κ1) is 85.6. The summed E-state index contributed by atoms with van der Waals surface area (Å²) in [5.74, 6) is 0. The van der Waals surface area contributed by atoms with Gasteiger partial charge in [0.2, 0.25) is 0 Å². The molecule has 4 aromatic heterocycles. The first-order valence-electron chi connectivity index (χ1n) is 48.8. The van der Waals surface area contributed by atoms with Gasteiger partial charge in [0, 0.05) is 221 Å². The molecule has 12 heteroatoms. The van der Waals surface area contributed by atoms with Gasteiger partial charge in [-0.3, -0.25) is 0 Å². The average molecular weight is 1890 g/mol. The quantitative estimate of drug-likeness (QED) is 0.0592. The predicted molar refractivity (Wildman–Crippen MR) is 598 cm³/mol. The summed E-state index contributed by atoms with van der Waals surface area (Å²) in [5, 5.41) is 9.73. The standard InChI is InChI=1S/C129H96N8S4/c1-5-130-121-65-53-89(73-109(121)113-81-101(57-69-125(113)130)138-97-41-25-13-26-42-97)134(85-33-17-9-18-34-85)93-49-61-105-106-62-50-94(135(86-35-19-10-20-36-86)90-54-66-122-110(74-90)114-82-102(58-70-126(114)131(122)6-2)139-98-43-27-14-28-44-98)78-118(106)129(117(105)77-93)119-79-95(136(87-37-21-11-22-38-87)91-55-67-123-111(75-91)115-83-103(59-71-127(115)132(123)7-3)140-99-45-29-15-30-46-99)51-63-107(119)108-64-52-96(80-120(108)129)137(88-39-23-12-24-40-88)92-56-68-124-112(76-92)116-84-104(60-72-128(116)133(124)8-4)141-100-47-31-16-32-48-100/h9-84H,5-8H2,1-4H3. The van der Waals surface area contributed by atoms with Crippen molar-refractivity contribution >= 4 is 203 Å². The number of hydrogen-bond donors (Lipinski definition) is 0. The third-order valence-electron chi connectivity index (χ3n) is 28.8. The number of nitrogens with zero attached hydrogens (tertiary/aromatic N) is 8. The summed E-state index contributed by atoms with van der Waals surface area (Å²) in [6.07, 6.45) is 0. The number of fused-ring (bicyclic) bond motifs is 22. The van der Waals surface area contributed by atoms with E-state index in [-0.39, 0.29) is 0 Å². The summed E-state index contributed by atoms with van der Waals surface area (Å²) < 4.78 is 9.94. The van der Waals surface area contributed by atoms with Crippen LogP contribution in [0.25, 0.3) is 109 Å². The molecule has 24 aromatic rings. The molecule has 20 aromatic carbocycles. The molecule has 0 N–H and O–H groups in total. The Morgan fingerprint density at radius 3 is 0.532 bits per heavy atom. The Balaban J connectivity index is 0.740. The smallest absolute Gasteiger partial charge is 0.0728 e. The minimum absolute atomic E-state index is 0.823. The van der Waals surface area contributed by atoms with Gasteiger partial charge in [-0.1, -0.05) is 217 Å². The molecule has 141 heavy (non-hydrogen) atoms. The van der Waals surface area contributed by atoms with E-state index in [0.29, 0.717) is 0 Å². The Labute approximate surface area is 837 Å². The lowest BCUT2D eigenvalue weighted by Crippen LogP contribution is -2.27. The van der Waals surface area contributed by atoms with E-state index in [1.165, 1.54) is 171 Å². The lowest BCUT2D eigenvalue weighted by Gasteiger charge is -2.35. The number of anilines is 12. The summed E-state index contributed by atoms with van der Waals surface area (Å²) in [6, 6.07) is 174. The van der Waals surface area contributed by atoms with E-state index in [0.717, 1.165) is 94.4 Å². The van der Waals surface area contributed by atoms with Gasteiger partial charge in [0.15, 0.2) is 0 Å². The highest BCUT2D eigenvalue weighted by atomic mass is 32.2. The molecule has 0 unspecified atom stereocenters. The zero-order chi connectivity index (χ0) is 93.9. The Morgan fingerprint density at radius 1 is 0.163 bits per heavy atom. The first-order valence-corrected chi connectivity index (χ1v) is 52.1. The van der Waals surface area contributed by atoms with E-state index in [2.05, 4.69) is 527 Å². The maximum atomic E-state index is 2.60. The largest absolute Gasteiger partial charge is 0.341 e. The van der Waals surface area contributed by atoms with Crippen molar-refractivity contribution in [3.63, 3.8) is 0 Å². The Morgan fingerprint density at radius 2 is 0.333 bits per heavy atom. The van der Waals surface area contributed by atoms with Crippen LogP contribution in [0.5, 0.6) is 0 Å². The van der Waals surface area contributed by atoms with Gasteiger partial charge in [0.25, 0.3) is 0 Å². The number of para-hydroxylation sites is 4. The van der Waals surface area contributed by atoms with Gasteiger partial charge in [0.05, 0.1) is 5.41 Å². The summed E-state index contributed by atoms with van der Waals surface area (Å²) in [7, 11) is 0. The van der Waals surface area contributed by atoms with Crippen LogP contribution in [0.15, 0.2) is 500 Å². The summed E-state index contributed by atoms with van der Waals surface area (Å²) in [4.78, 5) is 19.7. The van der Waals surface area contributed by atoms with Crippen LogP contribution in [0.4, 0.5) is 68.2 Å². The molecule has 2 aliphatic carbocycles. The first-order chi connectivity index (χ1) is 69.7. The minimum atomic E-state index is -1.06. The molecule has 0 fully saturated rings. The number of hydrogen-bond acceptors (Lipinski definition) is 8. The second kappa shape index (κ2) is 35.6. The second-order valence-corrected chi connectivity index (χ2v) is 41.1. The van der Waals surface area contributed by atoms with E-state index >= 15 is 0 Å². The van der Waals surface area contributed by atoms with Crippen molar-refractivity contribution in [3.8, 4) is 22.3 Å². The SMILES string of the molecule is CCn1c2ccc(Sc3ccccc3)cc2c2cc(N(c3ccccc3)c3ccc4c(c3)C3(c5cc(N(c6ccccc6)c6ccc7c(c6)c6cc(Sc8ccccc8)ccc6n7CC)ccc5-4)c4cc(N(c5ccccc5)c5ccc6c(c5)c5cc(Sc7ccccc7)ccc5n6CC)ccc4-c4ccc(N(c5ccccc5)c5ccc6c(c5)c5cc(Sc7ccccc7)ccc5n6CC)cc43)ccc21. The monoisotopic (exact) mass is 1880 g/mol. The molecule has 8 nitrogen and oxygen atoms in total. The lowest BCUT2D eigenvalue weighted by atomic mass is 9.70. The van der Waals surface area contributed by atoms with Crippen molar-refractivity contribution in [2.45, 2.75) is 98.5 Å². The predicted octanol–water partition coefficient (Wildman–Crippen LogP) is 37.0. The molecule has 26 rings (SSSR count). The zero-order valence-corrected chi connectivity index (χ0v) is 81.7. The molecule has 0 saturated carbocycles. The van der Waals surface area contributed by atoms with Crippen LogP contribution >= 0.6 is 47.0 Å². The Kier molecular flexibility index (Phi) is 21.6. The third-order valence-corrected chi connectivity index (χ3v) is 32.8. The minimum Gasteiger partial charge on any atom is -0.341 e. The Hall–Kier alpha value is -15.8. The summed E-state index contributed by atoms with van der Waals surface area (Å²) in [6.45, 7) is 12.4. The van der Waals surface area contributed by atoms with Gasteiger partial charge in [-0.2, -0.15) is 0 Å². The molecule has 1 spiro atoms. The highest BCUT2D eigenvalue weighted by Crippen LogP contribution is 2.66.